The Morgan fingerprint density at radius 2 is 2.00 bits per heavy atom. The quantitative estimate of drug-likeness (QED) is 0.658. The third kappa shape index (κ3) is 6.38. The molecule has 0 aromatic heterocycles. The highest BCUT2D eigenvalue weighted by Gasteiger charge is 2.20. The summed E-state index contributed by atoms with van der Waals surface area (Å²) in [6, 6.07) is 7.55. The number of carbonyl (C=O) groups excluding carboxylic acids is 2. The van der Waals surface area contributed by atoms with Crippen LogP contribution in [0, 0.1) is 0 Å². The van der Waals surface area contributed by atoms with Crippen molar-refractivity contribution in [1.82, 2.24) is 5.32 Å². The molecular weight excluding hydrogens is 318 g/mol. The molecule has 2 amide bonds. The average molecular weight is 348 g/mol. The number of amides is 2. The van der Waals surface area contributed by atoms with Gasteiger partial charge in [-0.15, -0.1) is 0 Å². The first-order valence-corrected chi connectivity index (χ1v) is 9.26. The predicted octanol–water partition coefficient (Wildman–Crippen LogP) is 1.83. The third-order valence-corrected chi connectivity index (χ3v) is 4.71. The molecule has 1 aromatic rings. The minimum atomic E-state index is -0.492. The number of ether oxygens (including phenoxy) is 1. The standard InChI is InChI=1S/C19H29N3O3/c1-3-25-19(24)21-17-10-8-16(9-11-17)18(23)20-12-6-14-22-13-5-4-7-15(22)2/h8-11,15H,3-7,12-14H2,1-2H3,(H,20,23)(H,21,24)/p+1/t15-/m0/s1. The molecule has 6 nitrogen and oxygen atoms in total. The first-order chi connectivity index (χ1) is 12.1. The minimum Gasteiger partial charge on any atom is -0.450 e. The SMILES string of the molecule is CCOC(=O)Nc1ccc(C(=O)NCCC[NH+]2CCCC[C@@H]2C)cc1. The lowest BCUT2D eigenvalue weighted by Crippen LogP contribution is -3.16. The second-order valence-corrected chi connectivity index (χ2v) is 6.59. The van der Waals surface area contributed by atoms with Crippen LogP contribution in [0.4, 0.5) is 10.5 Å². The van der Waals surface area contributed by atoms with Crippen LogP contribution < -0.4 is 15.5 Å². The number of anilines is 1. The lowest BCUT2D eigenvalue weighted by molar-refractivity contribution is -0.928. The zero-order chi connectivity index (χ0) is 18.1. The number of benzene rings is 1. The number of likely N-dealkylation sites (tertiary alicyclic amines) is 1. The van der Waals surface area contributed by atoms with E-state index < -0.39 is 6.09 Å². The van der Waals surface area contributed by atoms with Gasteiger partial charge in [0, 0.05) is 24.2 Å². The fourth-order valence-electron chi connectivity index (χ4n) is 3.23. The molecule has 0 radical (unpaired) electrons. The highest BCUT2D eigenvalue weighted by Crippen LogP contribution is 2.10. The molecule has 1 aliphatic heterocycles. The monoisotopic (exact) mass is 348 g/mol. The van der Waals surface area contributed by atoms with Gasteiger partial charge in [0.15, 0.2) is 0 Å². The molecule has 2 atom stereocenters. The molecule has 1 saturated heterocycles. The Balaban J connectivity index is 1.70. The maximum absolute atomic E-state index is 12.2. The number of hydrogen-bond donors (Lipinski definition) is 3. The Bertz CT molecular complexity index is 560. The van der Waals surface area contributed by atoms with Crippen LogP contribution in [0.1, 0.15) is 49.9 Å². The minimum absolute atomic E-state index is 0.0793. The molecule has 6 heteroatoms. The van der Waals surface area contributed by atoms with E-state index >= 15 is 0 Å². The van der Waals surface area contributed by atoms with E-state index in [4.69, 9.17) is 4.74 Å². The lowest BCUT2D eigenvalue weighted by atomic mass is 10.0. The van der Waals surface area contributed by atoms with Gasteiger partial charge in [-0.3, -0.25) is 10.1 Å². The van der Waals surface area contributed by atoms with Crippen molar-refractivity contribution in [2.75, 3.05) is 31.6 Å². The first-order valence-electron chi connectivity index (χ1n) is 9.26. The van der Waals surface area contributed by atoms with Gasteiger partial charge in [0.25, 0.3) is 5.91 Å². The fourth-order valence-corrected chi connectivity index (χ4v) is 3.23. The Morgan fingerprint density at radius 1 is 1.24 bits per heavy atom. The molecule has 0 aliphatic carbocycles. The molecule has 0 saturated carbocycles. The Labute approximate surface area is 149 Å². The second-order valence-electron chi connectivity index (χ2n) is 6.59. The predicted molar refractivity (Wildman–Crippen MR) is 98.0 cm³/mol. The molecule has 1 aliphatic rings. The van der Waals surface area contributed by atoms with Gasteiger partial charge >= 0.3 is 6.09 Å². The topological polar surface area (TPSA) is 71.9 Å². The van der Waals surface area contributed by atoms with Crippen LogP contribution in [0.5, 0.6) is 0 Å². The molecule has 1 heterocycles. The van der Waals surface area contributed by atoms with E-state index in [1.54, 1.807) is 36.1 Å². The van der Waals surface area contributed by atoms with Crippen molar-refractivity contribution < 1.29 is 19.2 Å². The van der Waals surface area contributed by atoms with Gasteiger partial charge in [0.05, 0.1) is 25.7 Å². The summed E-state index contributed by atoms with van der Waals surface area (Å²) in [4.78, 5) is 25.2. The highest BCUT2D eigenvalue weighted by atomic mass is 16.5. The maximum atomic E-state index is 12.2. The summed E-state index contributed by atoms with van der Waals surface area (Å²) in [5.41, 5.74) is 1.20. The zero-order valence-electron chi connectivity index (χ0n) is 15.3. The van der Waals surface area contributed by atoms with Crippen molar-refractivity contribution in [3.63, 3.8) is 0 Å². The molecule has 138 valence electrons. The Morgan fingerprint density at radius 3 is 2.68 bits per heavy atom. The maximum Gasteiger partial charge on any atom is 0.411 e. The molecule has 25 heavy (non-hydrogen) atoms. The van der Waals surface area contributed by atoms with Crippen LogP contribution in [0.2, 0.25) is 0 Å². The summed E-state index contributed by atoms with van der Waals surface area (Å²) in [7, 11) is 0. The van der Waals surface area contributed by atoms with Crippen LogP contribution in [-0.2, 0) is 4.74 Å². The third-order valence-electron chi connectivity index (χ3n) is 4.71. The first kappa shape index (κ1) is 19.2. The van der Waals surface area contributed by atoms with Crippen molar-refractivity contribution in [3.05, 3.63) is 29.8 Å². The second kappa shape index (κ2) is 10.0. The summed E-state index contributed by atoms with van der Waals surface area (Å²) < 4.78 is 4.82. The molecule has 1 unspecified atom stereocenters. The molecular formula is C19H30N3O3+. The summed E-state index contributed by atoms with van der Waals surface area (Å²) in [5, 5.41) is 5.58. The van der Waals surface area contributed by atoms with E-state index in [-0.39, 0.29) is 5.91 Å². The van der Waals surface area contributed by atoms with Crippen LogP contribution in [0.25, 0.3) is 0 Å². The Kier molecular flexibility index (Phi) is 7.73. The van der Waals surface area contributed by atoms with Crippen molar-refractivity contribution in [3.8, 4) is 0 Å². The summed E-state index contributed by atoms with van der Waals surface area (Å²) in [6.07, 6.45) is 4.48. The van der Waals surface area contributed by atoms with Crippen molar-refractivity contribution in [2.24, 2.45) is 0 Å². The average Bonchev–Trinajstić information content (AvgIpc) is 2.61. The van der Waals surface area contributed by atoms with Crippen LogP contribution in [0.3, 0.4) is 0 Å². The van der Waals surface area contributed by atoms with E-state index in [1.165, 1.54) is 25.8 Å². The van der Waals surface area contributed by atoms with Crippen molar-refractivity contribution in [2.45, 2.75) is 45.6 Å². The van der Waals surface area contributed by atoms with E-state index in [9.17, 15) is 9.59 Å². The summed E-state index contributed by atoms with van der Waals surface area (Å²) in [5.74, 6) is -0.0793. The van der Waals surface area contributed by atoms with E-state index in [1.807, 2.05) is 0 Å². The van der Waals surface area contributed by atoms with Crippen molar-refractivity contribution in [1.29, 1.82) is 0 Å². The number of nitrogens with one attached hydrogen (secondary N) is 3. The molecule has 3 N–H and O–H groups in total. The smallest absolute Gasteiger partial charge is 0.411 e. The number of rotatable bonds is 7. The number of carbonyl (C=O) groups is 2. The van der Waals surface area contributed by atoms with E-state index in [2.05, 4.69) is 17.6 Å². The number of hydrogen-bond acceptors (Lipinski definition) is 3. The number of quaternary nitrogens is 1. The van der Waals surface area contributed by atoms with Gasteiger partial charge in [-0.1, -0.05) is 0 Å². The van der Waals surface area contributed by atoms with Crippen LogP contribution >= 0.6 is 0 Å². The van der Waals surface area contributed by atoms with Crippen molar-refractivity contribution >= 4 is 17.7 Å². The van der Waals surface area contributed by atoms with Gasteiger partial charge < -0.3 is 15.0 Å². The van der Waals surface area contributed by atoms with Gasteiger partial charge in [-0.2, -0.15) is 0 Å². The normalized spacial score (nSPS) is 19.9. The van der Waals surface area contributed by atoms with E-state index in [0.29, 0.717) is 24.4 Å². The zero-order valence-corrected chi connectivity index (χ0v) is 15.3. The van der Waals surface area contributed by atoms with Gasteiger partial charge in [-0.05, 0) is 57.4 Å². The molecule has 1 aromatic carbocycles. The van der Waals surface area contributed by atoms with Gasteiger partial charge in [0.1, 0.15) is 0 Å². The van der Waals surface area contributed by atoms with Crippen LogP contribution in [-0.4, -0.2) is 44.3 Å². The molecule has 0 spiro atoms. The molecule has 2 rings (SSSR count). The molecule has 1 fully saturated rings. The largest absolute Gasteiger partial charge is 0.450 e. The van der Waals surface area contributed by atoms with Gasteiger partial charge in [-0.25, -0.2) is 4.79 Å². The lowest BCUT2D eigenvalue weighted by Gasteiger charge is -2.30. The summed E-state index contributed by atoms with van der Waals surface area (Å²) >= 11 is 0. The Hall–Kier alpha value is -2.08. The van der Waals surface area contributed by atoms with Crippen LogP contribution in [0.15, 0.2) is 24.3 Å². The van der Waals surface area contributed by atoms with E-state index in [0.717, 1.165) is 19.0 Å². The summed E-state index contributed by atoms with van der Waals surface area (Å²) in [6.45, 7) is 7.45. The van der Waals surface area contributed by atoms with Gasteiger partial charge in [0.2, 0.25) is 0 Å². The molecule has 0 bridgehead atoms. The number of piperidine rings is 1. The highest BCUT2D eigenvalue weighted by molar-refractivity contribution is 5.95. The fraction of sp³-hybridized carbons (Fsp3) is 0.579.